The number of nitrogens with zero attached hydrogens (tertiary/aromatic N) is 1. The summed E-state index contributed by atoms with van der Waals surface area (Å²) in [6, 6.07) is 10.6. The van der Waals surface area contributed by atoms with Crippen molar-refractivity contribution in [2.45, 2.75) is 6.92 Å². The number of imide groups is 1. The topological polar surface area (TPSA) is 75.7 Å². The maximum absolute atomic E-state index is 13.6. The number of benzene rings is 2. The zero-order valence-corrected chi connectivity index (χ0v) is 16.8. The molecule has 2 aromatic rings. The molecule has 29 heavy (non-hydrogen) atoms. The molecule has 3 rings (SSSR count). The molecular weight excluding hydrogens is 419 g/mol. The highest BCUT2D eigenvalue weighted by Gasteiger charge is 2.33. The van der Waals surface area contributed by atoms with Crippen LogP contribution < -0.4 is 10.1 Å². The molecule has 6 nitrogen and oxygen atoms in total. The van der Waals surface area contributed by atoms with Gasteiger partial charge in [0.1, 0.15) is 11.6 Å². The molecule has 1 saturated heterocycles. The third kappa shape index (κ3) is 4.96. The van der Waals surface area contributed by atoms with E-state index in [-0.39, 0.29) is 34.2 Å². The van der Waals surface area contributed by atoms with Crippen LogP contribution in [0.15, 0.2) is 47.4 Å². The summed E-state index contributed by atoms with van der Waals surface area (Å²) < 4.78 is 18.9. The van der Waals surface area contributed by atoms with Gasteiger partial charge in [-0.25, -0.2) is 4.39 Å². The van der Waals surface area contributed by atoms with E-state index in [1.807, 2.05) is 0 Å². The second-order valence-corrected chi connectivity index (χ2v) is 7.33. The normalized spacial score (nSPS) is 15.1. The lowest BCUT2D eigenvalue weighted by Crippen LogP contribution is -2.27. The van der Waals surface area contributed by atoms with E-state index in [1.54, 1.807) is 37.3 Å². The molecule has 150 valence electrons. The molecule has 0 radical (unpaired) electrons. The molecule has 0 spiro atoms. The van der Waals surface area contributed by atoms with Crippen molar-refractivity contribution in [2.24, 2.45) is 0 Å². The van der Waals surface area contributed by atoms with Crippen LogP contribution in [0, 0.1) is 5.82 Å². The zero-order chi connectivity index (χ0) is 21.0. The van der Waals surface area contributed by atoms with E-state index < -0.39 is 11.7 Å². The molecule has 1 N–H and O–H groups in total. The SMILES string of the molecule is CCN1C(=O)SC(=Cc2ccc(OCC(=O)Nc3ccccc3F)c(Cl)c2)C1=O. The number of nitrogens with one attached hydrogen (secondary N) is 1. The maximum Gasteiger partial charge on any atom is 0.293 e. The smallest absolute Gasteiger partial charge is 0.293 e. The van der Waals surface area contributed by atoms with Crippen molar-refractivity contribution in [3.05, 3.63) is 63.8 Å². The lowest BCUT2D eigenvalue weighted by molar-refractivity contribution is -0.122. The zero-order valence-electron chi connectivity index (χ0n) is 15.3. The number of ether oxygens (including phenoxy) is 1. The Morgan fingerprint density at radius 1 is 1.28 bits per heavy atom. The highest BCUT2D eigenvalue weighted by atomic mass is 35.5. The molecule has 1 aliphatic heterocycles. The summed E-state index contributed by atoms with van der Waals surface area (Å²) >= 11 is 7.06. The number of likely N-dealkylation sites (N-methyl/N-ethyl adjacent to an activating group) is 1. The lowest BCUT2D eigenvalue weighted by atomic mass is 10.2. The first-order valence-electron chi connectivity index (χ1n) is 8.61. The van der Waals surface area contributed by atoms with E-state index in [9.17, 15) is 18.8 Å². The molecule has 0 atom stereocenters. The molecule has 0 aromatic heterocycles. The molecule has 1 heterocycles. The van der Waals surface area contributed by atoms with Crippen LogP contribution in [-0.4, -0.2) is 35.1 Å². The number of thioether (sulfide) groups is 1. The Morgan fingerprint density at radius 2 is 2.03 bits per heavy atom. The molecule has 0 bridgehead atoms. The van der Waals surface area contributed by atoms with Crippen LogP contribution in [0.2, 0.25) is 5.02 Å². The van der Waals surface area contributed by atoms with Crippen molar-refractivity contribution in [1.82, 2.24) is 4.90 Å². The molecule has 2 aromatic carbocycles. The van der Waals surface area contributed by atoms with Gasteiger partial charge < -0.3 is 10.1 Å². The van der Waals surface area contributed by atoms with Gasteiger partial charge >= 0.3 is 0 Å². The van der Waals surface area contributed by atoms with E-state index >= 15 is 0 Å². The minimum Gasteiger partial charge on any atom is -0.482 e. The Labute approximate surface area is 175 Å². The van der Waals surface area contributed by atoms with Crippen molar-refractivity contribution < 1.29 is 23.5 Å². The van der Waals surface area contributed by atoms with Gasteiger partial charge in [0, 0.05) is 6.54 Å². The van der Waals surface area contributed by atoms with Gasteiger partial charge in [0.05, 0.1) is 15.6 Å². The fourth-order valence-electron chi connectivity index (χ4n) is 2.54. The van der Waals surface area contributed by atoms with Crippen LogP contribution in [0.1, 0.15) is 12.5 Å². The van der Waals surface area contributed by atoms with E-state index in [4.69, 9.17) is 16.3 Å². The molecule has 1 aliphatic rings. The van der Waals surface area contributed by atoms with Crippen molar-refractivity contribution in [3.63, 3.8) is 0 Å². The summed E-state index contributed by atoms with van der Waals surface area (Å²) in [5.41, 5.74) is 0.670. The average molecular weight is 435 g/mol. The minimum absolute atomic E-state index is 0.0589. The second kappa shape index (κ2) is 9.11. The summed E-state index contributed by atoms with van der Waals surface area (Å²) in [6.45, 7) is 1.68. The van der Waals surface area contributed by atoms with Crippen molar-refractivity contribution in [2.75, 3.05) is 18.5 Å². The van der Waals surface area contributed by atoms with Gasteiger partial charge in [-0.05, 0) is 54.6 Å². The summed E-state index contributed by atoms with van der Waals surface area (Å²) in [4.78, 5) is 37.3. The van der Waals surface area contributed by atoms with Gasteiger partial charge in [-0.15, -0.1) is 0 Å². The highest BCUT2D eigenvalue weighted by molar-refractivity contribution is 8.18. The van der Waals surface area contributed by atoms with Crippen LogP contribution in [-0.2, 0) is 9.59 Å². The van der Waals surface area contributed by atoms with Crippen LogP contribution in [0.4, 0.5) is 14.9 Å². The molecule has 3 amide bonds. The Balaban J connectivity index is 1.63. The number of rotatable bonds is 6. The largest absolute Gasteiger partial charge is 0.482 e. The number of carbonyl (C=O) groups is 3. The number of anilines is 1. The van der Waals surface area contributed by atoms with Crippen LogP contribution in [0.5, 0.6) is 5.75 Å². The monoisotopic (exact) mass is 434 g/mol. The van der Waals surface area contributed by atoms with Gasteiger partial charge in [-0.3, -0.25) is 19.3 Å². The molecular formula is C20H16ClFN2O4S. The molecule has 0 unspecified atom stereocenters. The predicted octanol–water partition coefficient (Wildman–Crippen LogP) is 4.55. The third-order valence-electron chi connectivity index (χ3n) is 3.95. The summed E-state index contributed by atoms with van der Waals surface area (Å²) in [5.74, 6) is -1.17. The first kappa shape index (κ1) is 20.9. The quantitative estimate of drug-likeness (QED) is 0.675. The highest BCUT2D eigenvalue weighted by Crippen LogP contribution is 2.33. The number of amides is 3. The second-order valence-electron chi connectivity index (χ2n) is 5.93. The molecule has 9 heteroatoms. The molecule has 0 saturated carbocycles. The van der Waals surface area contributed by atoms with Gasteiger partial charge in [0.25, 0.3) is 17.1 Å². The fourth-order valence-corrected chi connectivity index (χ4v) is 3.69. The van der Waals surface area contributed by atoms with Crippen LogP contribution in [0.3, 0.4) is 0 Å². The third-order valence-corrected chi connectivity index (χ3v) is 5.15. The van der Waals surface area contributed by atoms with Gasteiger partial charge in [0.2, 0.25) is 0 Å². The predicted molar refractivity (Wildman–Crippen MR) is 110 cm³/mol. The van der Waals surface area contributed by atoms with Crippen molar-refractivity contribution >= 4 is 52.2 Å². The Kier molecular flexibility index (Phi) is 6.56. The first-order valence-corrected chi connectivity index (χ1v) is 9.80. The van der Waals surface area contributed by atoms with Crippen LogP contribution >= 0.6 is 23.4 Å². The number of halogens is 2. The summed E-state index contributed by atoms with van der Waals surface area (Å²) in [6.07, 6.45) is 1.57. The van der Waals surface area contributed by atoms with E-state index in [0.717, 1.165) is 16.7 Å². The number of hydrogen-bond donors (Lipinski definition) is 1. The first-order chi connectivity index (χ1) is 13.9. The molecule has 1 fully saturated rings. The number of para-hydroxylation sites is 1. The Hall–Kier alpha value is -2.84. The van der Waals surface area contributed by atoms with Gasteiger partial charge in [0.15, 0.2) is 6.61 Å². The van der Waals surface area contributed by atoms with Crippen LogP contribution in [0.25, 0.3) is 6.08 Å². The summed E-state index contributed by atoms with van der Waals surface area (Å²) in [5, 5.41) is 2.33. The Bertz CT molecular complexity index is 1010. The van der Waals surface area contributed by atoms with Gasteiger partial charge in [-0.1, -0.05) is 29.8 Å². The van der Waals surface area contributed by atoms with Crippen molar-refractivity contribution in [1.29, 1.82) is 0 Å². The average Bonchev–Trinajstić information content (AvgIpc) is 2.95. The minimum atomic E-state index is -0.546. The number of hydrogen-bond acceptors (Lipinski definition) is 5. The van der Waals surface area contributed by atoms with E-state index in [2.05, 4.69) is 5.32 Å². The van der Waals surface area contributed by atoms with E-state index in [1.165, 1.54) is 18.2 Å². The van der Waals surface area contributed by atoms with Crippen molar-refractivity contribution in [3.8, 4) is 5.75 Å². The standard InChI is InChI=1S/C20H16ClFN2O4S/c1-2-24-19(26)17(29-20(24)27)10-12-7-8-16(13(21)9-12)28-11-18(25)23-15-6-4-3-5-14(15)22/h3-10H,2,11H2,1H3,(H,23,25). The van der Waals surface area contributed by atoms with Gasteiger partial charge in [-0.2, -0.15) is 0 Å². The maximum atomic E-state index is 13.6. The van der Waals surface area contributed by atoms with E-state index in [0.29, 0.717) is 17.0 Å². The Morgan fingerprint density at radius 3 is 2.69 bits per heavy atom. The molecule has 0 aliphatic carbocycles. The fraction of sp³-hybridized carbons (Fsp3) is 0.150. The summed E-state index contributed by atoms with van der Waals surface area (Å²) in [7, 11) is 0. The lowest BCUT2D eigenvalue weighted by Gasteiger charge is -2.10. The number of carbonyl (C=O) groups excluding carboxylic acids is 3.